The molecule has 0 bridgehead atoms. The lowest BCUT2D eigenvalue weighted by Gasteiger charge is -2.37. The molecule has 43 heavy (non-hydrogen) atoms. The molecule has 2 heterocycles. The first kappa shape index (κ1) is 32.4. The van der Waals surface area contributed by atoms with Gasteiger partial charge in [0.1, 0.15) is 0 Å². The topological polar surface area (TPSA) is 154 Å². The molecular weight excluding hydrogens is 589 g/mol. The summed E-state index contributed by atoms with van der Waals surface area (Å²) in [7, 11) is -3.97. The molecule has 3 amide bonds. The Morgan fingerprint density at radius 1 is 1.09 bits per heavy atom. The molecule has 0 spiro atoms. The Labute approximate surface area is 257 Å². The number of carbonyl (C=O) groups is 2. The van der Waals surface area contributed by atoms with Gasteiger partial charge < -0.3 is 20.6 Å². The number of carbonyl (C=O) groups excluding carboxylic acids is 1. The number of rotatable bonds is 9. The Kier molecular flexibility index (Phi) is 10.1. The van der Waals surface area contributed by atoms with Gasteiger partial charge in [-0.1, -0.05) is 12.1 Å². The van der Waals surface area contributed by atoms with Crippen LogP contribution in [0.4, 0.5) is 15.3 Å². The number of hydrogen-bond acceptors (Lipinski definition) is 7. The van der Waals surface area contributed by atoms with Crippen LogP contribution in [0, 0.1) is 0 Å². The van der Waals surface area contributed by atoms with Crippen molar-refractivity contribution in [1.82, 2.24) is 24.9 Å². The third-order valence-electron chi connectivity index (χ3n) is 7.13. The number of pyridine rings is 1. The van der Waals surface area contributed by atoms with E-state index in [1.165, 1.54) is 22.3 Å². The molecule has 11 nitrogen and oxygen atoms in total. The standard InChI is InChI=1S/C30H40N6O5S2/c1-19(2)36(29(38)39)23-12-9-20(10-13-23)27-32-18-25(42-27)24-14-11-21(16-26(24)43(40,41)35-30(3,4)5)34-28(37)33-17-22-8-6-7-15-31-22/h6-8,11,14-16,18-20,23,35H,9-10,12-13,17H2,1-5H3,(H,38,39)(H2,33,34,37)/t20-,23-. The van der Waals surface area contributed by atoms with E-state index in [2.05, 4.69) is 25.3 Å². The lowest BCUT2D eigenvalue weighted by molar-refractivity contribution is 0.0906. The van der Waals surface area contributed by atoms with Crippen molar-refractivity contribution in [2.75, 3.05) is 5.32 Å². The van der Waals surface area contributed by atoms with Crippen LogP contribution < -0.4 is 15.4 Å². The van der Waals surface area contributed by atoms with Crippen LogP contribution >= 0.6 is 11.3 Å². The number of sulfonamides is 1. The van der Waals surface area contributed by atoms with Crippen molar-refractivity contribution >= 4 is 39.2 Å². The first-order chi connectivity index (χ1) is 20.2. The molecule has 2 aromatic heterocycles. The van der Waals surface area contributed by atoms with Crippen LogP contribution in [0.3, 0.4) is 0 Å². The van der Waals surface area contributed by atoms with Crippen molar-refractivity contribution in [3.63, 3.8) is 0 Å². The summed E-state index contributed by atoms with van der Waals surface area (Å²) in [5.41, 5.74) is 0.786. The predicted molar refractivity (Wildman–Crippen MR) is 168 cm³/mol. The van der Waals surface area contributed by atoms with Crippen LogP contribution in [0.5, 0.6) is 0 Å². The maximum atomic E-state index is 13.6. The fraction of sp³-hybridized carbons (Fsp3) is 0.467. The molecule has 3 aromatic rings. The van der Waals surface area contributed by atoms with Crippen LogP contribution in [0.15, 0.2) is 53.7 Å². The number of carboxylic acid groups (broad SMARTS) is 1. The number of aromatic nitrogens is 2. The van der Waals surface area contributed by atoms with Gasteiger partial charge in [-0.3, -0.25) is 4.98 Å². The highest BCUT2D eigenvalue weighted by molar-refractivity contribution is 7.89. The third kappa shape index (κ3) is 8.52. The van der Waals surface area contributed by atoms with Crippen molar-refractivity contribution in [3.05, 3.63) is 59.5 Å². The molecule has 0 radical (unpaired) electrons. The summed E-state index contributed by atoms with van der Waals surface area (Å²) in [6.45, 7) is 9.31. The predicted octanol–water partition coefficient (Wildman–Crippen LogP) is 6.02. The Morgan fingerprint density at radius 3 is 2.42 bits per heavy atom. The van der Waals surface area contributed by atoms with E-state index in [0.29, 0.717) is 21.8 Å². The molecule has 4 N–H and O–H groups in total. The molecule has 1 aromatic carbocycles. The summed E-state index contributed by atoms with van der Waals surface area (Å²) in [6, 6.07) is 9.64. The minimum atomic E-state index is -3.97. The lowest BCUT2D eigenvalue weighted by Crippen LogP contribution is -2.45. The van der Waals surface area contributed by atoms with Crippen LogP contribution in [0.2, 0.25) is 0 Å². The second kappa shape index (κ2) is 13.4. The number of nitrogens with one attached hydrogen (secondary N) is 3. The van der Waals surface area contributed by atoms with Crippen molar-refractivity contribution < 1.29 is 23.1 Å². The molecule has 232 valence electrons. The van der Waals surface area contributed by atoms with Crippen LogP contribution in [0.25, 0.3) is 10.4 Å². The monoisotopic (exact) mass is 628 g/mol. The zero-order chi connectivity index (χ0) is 31.4. The van der Waals surface area contributed by atoms with Gasteiger partial charge in [0, 0.05) is 47.2 Å². The minimum absolute atomic E-state index is 0.0189. The SMILES string of the molecule is CC(C)N(C(=O)O)[C@H]1CC[C@H](c2ncc(-c3ccc(NC(=O)NCc4ccccn4)cc3S(=O)(=O)NC(C)(C)C)s2)CC1. The second-order valence-electron chi connectivity index (χ2n) is 12.0. The van der Waals surface area contributed by atoms with Crippen molar-refractivity contribution in [2.45, 2.75) is 95.3 Å². The van der Waals surface area contributed by atoms with E-state index >= 15 is 0 Å². The van der Waals surface area contributed by atoms with Gasteiger partial charge in [-0.25, -0.2) is 27.7 Å². The molecule has 13 heteroatoms. The van der Waals surface area contributed by atoms with Gasteiger partial charge in [0.05, 0.1) is 27.0 Å². The van der Waals surface area contributed by atoms with Crippen molar-refractivity contribution in [3.8, 4) is 10.4 Å². The number of nitrogens with zero attached hydrogens (tertiary/aromatic N) is 3. The fourth-order valence-corrected chi connectivity index (χ4v) is 8.19. The number of anilines is 1. The first-order valence-electron chi connectivity index (χ1n) is 14.3. The average Bonchev–Trinajstić information content (AvgIpc) is 3.41. The van der Waals surface area contributed by atoms with E-state index in [-0.39, 0.29) is 29.4 Å². The second-order valence-corrected chi connectivity index (χ2v) is 14.8. The summed E-state index contributed by atoms with van der Waals surface area (Å²) in [4.78, 5) is 35.5. The van der Waals surface area contributed by atoms with E-state index < -0.39 is 27.7 Å². The van der Waals surface area contributed by atoms with E-state index in [9.17, 15) is 23.1 Å². The highest BCUT2D eigenvalue weighted by atomic mass is 32.2. The van der Waals surface area contributed by atoms with Gasteiger partial charge in [0.25, 0.3) is 0 Å². The van der Waals surface area contributed by atoms with E-state index in [4.69, 9.17) is 0 Å². The molecule has 1 aliphatic carbocycles. The van der Waals surface area contributed by atoms with E-state index in [0.717, 1.165) is 30.7 Å². The summed E-state index contributed by atoms with van der Waals surface area (Å²) in [5.74, 6) is 0.175. The van der Waals surface area contributed by atoms with Crippen molar-refractivity contribution in [1.29, 1.82) is 0 Å². The highest BCUT2D eigenvalue weighted by Crippen LogP contribution is 2.41. The van der Waals surface area contributed by atoms with Crippen LogP contribution in [-0.4, -0.2) is 58.1 Å². The van der Waals surface area contributed by atoms with E-state index in [1.807, 2.05) is 19.9 Å². The zero-order valence-corrected chi connectivity index (χ0v) is 26.8. The van der Waals surface area contributed by atoms with Crippen LogP contribution in [0.1, 0.15) is 76.9 Å². The number of thiazole rings is 1. The summed E-state index contributed by atoms with van der Waals surface area (Å²) in [5, 5.41) is 16.0. The van der Waals surface area contributed by atoms with Crippen LogP contribution in [-0.2, 0) is 16.6 Å². The molecule has 0 aliphatic heterocycles. The van der Waals surface area contributed by atoms with Gasteiger partial charge >= 0.3 is 12.1 Å². The maximum absolute atomic E-state index is 13.6. The molecule has 0 unspecified atom stereocenters. The number of benzene rings is 1. The van der Waals surface area contributed by atoms with Gasteiger partial charge in [-0.15, -0.1) is 11.3 Å². The molecule has 1 saturated carbocycles. The fourth-order valence-electron chi connectivity index (χ4n) is 5.33. The minimum Gasteiger partial charge on any atom is -0.465 e. The van der Waals surface area contributed by atoms with Gasteiger partial charge in [0.2, 0.25) is 10.0 Å². The smallest absolute Gasteiger partial charge is 0.407 e. The first-order valence-corrected chi connectivity index (χ1v) is 16.6. The molecule has 1 fully saturated rings. The number of urea groups is 1. The summed E-state index contributed by atoms with van der Waals surface area (Å²) < 4.78 is 29.9. The van der Waals surface area contributed by atoms with Crippen molar-refractivity contribution in [2.24, 2.45) is 0 Å². The molecule has 0 atom stereocenters. The Hall–Kier alpha value is -3.55. The Bertz CT molecular complexity index is 1530. The van der Waals surface area contributed by atoms with Gasteiger partial charge in [-0.2, -0.15) is 0 Å². The van der Waals surface area contributed by atoms with E-state index in [1.54, 1.807) is 57.4 Å². The normalized spacial score (nSPS) is 17.4. The Morgan fingerprint density at radius 2 is 1.81 bits per heavy atom. The maximum Gasteiger partial charge on any atom is 0.407 e. The summed E-state index contributed by atoms with van der Waals surface area (Å²) in [6.07, 6.45) is 5.56. The average molecular weight is 629 g/mol. The van der Waals surface area contributed by atoms with Gasteiger partial charge in [-0.05, 0) is 84.6 Å². The molecular formula is C30H40N6O5S2. The highest BCUT2D eigenvalue weighted by Gasteiger charge is 2.32. The quantitative estimate of drug-likeness (QED) is 0.226. The molecule has 0 saturated heterocycles. The third-order valence-corrected chi connectivity index (χ3v) is 10.1. The lowest BCUT2D eigenvalue weighted by atomic mass is 9.85. The molecule has 1 aliphatic rings. The van der Waals surface area contributed by atoms with Gasteiger partial charge in [0.15, 0.2) is 0 Å². The Balaban J connectivity index is 1.55. The largest absolute Gasteiger partial charge is 0.465 e. The zero-order valence-electron chi connectivity index (χ0n) is 25.1. The molecule has 4 rings (SSSR count). The number of amides is 3. The number of hydrogen-bond donors (Lipinski definition) is 4. The summed E-state index contributed by atoms with van der Waals surface area (Å²) >= 11 is 1.45.